The van der Waals surface area contributed by atoms with Gasteiger partial charge in [-0.2, -0.15) is 0 Å². The Kier molecular flexibility index (Phi) is 6.41. The highest BCUT2D eigenvalue weighted by molar-refractivity contribution is 5.99. The van der Waals surface area contributed by atoms with E-state index >= 15 is 0 Å². The van der Waals surface area contributed by atoms with E-state index in [0.717, 1.165) is 28.9 Å². The summed E-state index contributed by atoms with van der Waals surface area (Å²) in [5, 5.41) is 5.46. The quantitative estimate of drug-likeness (QED) is 0.554. The standard InChI is InChI=1S/C23H20F2N2O3/c1-14-6-5-9-19(15(14)2)26-20-8-4-3-7-17(20)23(29)30-13-22(28)27-21-11-10-16(24)12-18(21)25/h3-12,26H,13H2,1-2H3,(H,27,28). The molecule has 0 saturated heterocycles. The van der Waals surface area contributed by atoms with Crippen LogP contribution in [-0.2, 0) is 9.53 Å². The fraction of sp³-hybridized carbons (Fsp3) is 0.130. The normalized spacial score (nSPS) is 10.4. The van der Waals surface area contributed by atoms with Crippen molar-refractivity contribution in [3.05, 3.63) is 89.0 Å². The number of anilines is 3. The Labute approximate surface area is 172 Å². The Balaban J connectivity index is 1.67. The summed E-state index contributed by atoms with van der Waals surface area (Å²) in [6.45, 7) is 3.34. The smallest absolute Gasteiger partial charge is 0.340 e. The van der Waals surface area contributed by atoms with Gasteiger partial charge in [0.05, 0.1) is 16.9 Å². The molecule has 5 nitrogen and oxygen atoms in total. The van der Waals surface area contributed by atoms with Gasteiger partial charge in [0.25, 0.3) is 5.91 Å². The minimum atomic E-state index is -0.919. The summed E-state index contributed by atoms with van der Waals surface area (Å²) >= 11 is 0. The van der Waals surface area contributed by atoms with Crippen LogP contribution in [0.5, 0.6) is 0 Å². The lowest BCUT2D eigenvalue weighted by Crippen LogP contribution is -2.21. The zero-order valence-electron chi connectivity index (χ0n) is 16.5. The number of hydrogen-bond acceptors (Lipinski definition) is 4. The molecular weight excluding hydrogens is 390 g/mol. The number of nitrogens with one attached hydrogen (secondary N) is 2. The van der Waals surface area contributed by atoms with Crippen LogP contribution in [0.2, 0.25) is 0 Å². The molecule has 0 aliphatic heterocycles. The van der Waals surface area contributed by atoms with Gasteiger partial charge in [-0.15, -0.1) is 0 Å². The topological polar surface area (TPSA) is 67.4 Å². The monoisotopic (exact) mass is 410 g/mol. The molecule has 0 aliphatic carbocycles. The van der Waals surface area contributed by atoms with Gasteiger partial charge in [-0.05, 0) is 55.3 Å². The van der Waals surface area contributed by atoms with Crippen molar-refractivity contribution in [3.8, 4) is 0 Å². The van der Waals surface area contributed by atoms with Crippen molar-refractivity contribution in [2.24, 2.45) is 0 Å². The molecule has 30 heavy (non-hydrogen) atoms. The van der Waals surface area contributed by atoms with Crippen LogP contribution >= 0.6 is 0 Å². The molecule has 0 aromatic heterocycles. The highest BCUT2D eigenvalue weighted by Gasteiger charge is 2.16. The third-order valence-electron chi connectivity index (χ3n) is 4.56. The number of ether oxygens (including phenoxy) is 1. The molecule has 3 rings (SSSR count). The Morgan fingerprint density at radius 2 is 1.63 bits per heavy atom. The van der Waals surface area contributed by atoms with E-state index in [9.17, 15) is 18.4 Å². The van der Waals surface area contributed by atoms with Gasteiger partial charge in [0.15, 0.2) is 6.61 Å². The molecular formula is C23H20F2N2O3. The molecule has 0 saturated carbocycles. The number of benzene rings is 3. The van der Waals surface area contributed by atoms with E-state index in [-0.39, 0.29) is 11.3 Å². The van der Waals surface area contributed by atoms with Gasteiger partial charge in [0, 0.05) is 11.8 Å². The molecule has 1 amide bonds. The maximum atomic E-state index is 13.6. The predicted molar refractivity (Wildman–Crippen MR) is 111 cm³/mol. The lowest BCUT2D eigenvalue weighted by Gasteiger charge is -2.14. The zero-order valence-corrected chi connectivity index (χ0v) is 16.5. The minimum absolute atomic E-state index is 0.200. The first-order valence-electron chi connectivity index (χ1n) is 9.19. The fourth-order valence-corrected chi connectivity index (χ4v) is 2.79. The van der Waals surface area contributed by atoms with Crippen LogP contribution in [0.15, 0.2) is 60.7 Å². The third kappa shape index (κ3) is 5.00. The Morgan fingerprint density at radius 3 is 2.40 bits per heavy atom. The first kappa shape index (κ1) is 21.0. The molecule has 2 N–H and O–H groups in total. The van der Waals surface area contributed by atoms with Crippen molar-refractivity contribution < 1.29 is 23.1 Å². The molecule has 0 bridgehead atoms. The molecule has 0 unspecified atom stereocenters. The van der Waals surface area contributed by atoms with Crippen molar-refractivity contribution in [1.29, 1.82) is 0 Å². The van der Waals surface area contributed by atoms with Gasteiger partial charge in [-0.3, -0.25) is 4.79 Å². The number of hydrogen-bond donors (Lipinski definition) is 2. The Bertz CT molecular complexity index is 1100. The van der Waals surface area contributed by atoms with E-state index in [1.54, 1.807) is 24.3 Å². The molecule has 0 spiro atoms. The number of para-hydroxylation sites is 1. The van der Waals surface area contributed by atoms with Crippen molar-refractivity contribution in [2.75, 3.05) is 17.2 Å². The fourth-order valence-electron chi connectivity index (χ4n) is 2.79. The van der Waals surface area contributed by atoms with Crippen LogP contribution in [0, 0.1) is 25.5 Å². The molecule has 3 aromatic rings. The number of carbonyl (C=O) groups excluding carboxylic acids is 2. The van der Waals surface area contributed by atoms with Crippen LogP contribution < -0.4 is 10.6 Å². The highest BCUT2D eigenvalue weighted by Crippen LogP contribution is 2.25. The molecule has 0 aliphatic rings. The minimum Gasteiger partial charge on any atom is -0.452 e. The van der Waals surface area contributed by atoms with E-state index in [4.69, 9.17) is 4.74 Å². The van der Waals surface area contributed by atoms with Gasteiger partial charge in [-0.25, -0.2) is 13.6 Å². The number of amides is 1. The summed E-state index contributed by atoms with van der Waals surface area (Å²) < 4.78 is 31.6. The number of esters is 1. The average Bonchev–Trinajstić information content (AvgIpc) is 2.72. The summed E-state index contributed by atoms with van der Waals surface area (Å²) in [4.78, 5) is 24.5. The predicted octanol–water partition coefficient (Wildman–Crippen LogP) is 5.12. The van der Waals surface area contributed by atoms with Gasteiger partial charge < -0.3 is 15.4 Å². The van der Waals surface area contributed by atoms with E-state index in [1.807, 2.05) is 32.0 Å². The van der Waals surface area contributed by atoms with Crippen LogP contribution in [0.25, 0.3) is 0 Å². The lowest BCUT2D eigenvalue weighted by molar-refractivity contribution is -0.119. The van der Waals surface area contributed by atoms with Crippen molar-refractivity contribution in [1.82, 2.24) is 0 Å². The molecule has 0 atom stereocenters. The van der Waals surface area contributed by atoms with E-state index < -0.39 is 30.1 Å². The lowest BCUT2D eigenvalue weighted by atomic mass is 10.1. The maximum absolute atomic E-state index is 13.6. The van der Waals surface area contributed by atoms with Crippen LogP contribution in [-0.4, -0.2) is 18.5 Å². The van der Waals surface area contributed by atoms with Gasteiger partial charge >= 0.3 is 5.97 Å². The summed E-state index contributed by atoms with van der Waals surface area (Å²) in [5.74, 6) is -3.13. The zero-order chi connectivity index (χ0) is 21.7. The second-order valence-electron chi connectivity index (χ2n) is 6.67. The average molecular weight is 410 g/mol. The third-order valence-corrected chi connectivity index (χ3v) is 4.56. The van der Waals surface area contributed by atoms with Crippen LogP contribution in [0.3, 0.4) is 0 Å². The number of halogens is 2. The molecule has 3 aromatic carbocycles. The number of carbonyl (C=O) groups is 2. The second-order valence-corrected chi connectivity index (χ2v) is 6.67. The molecule has 0 radical (unpaired) electrons. The largest absolute Gasteiger partial charge is 0.452 e. The summed E-state index contributed by atoms with van der Waals surface area (Å²) in [6.07, 6.45) is 0. The molecule has 154 valence electrons. The van der Waals surface area contributed by atoms with Gasteiger partial charge in [0.1, 0.15) is 11.6 Å². The Hall–Kier alpha value is -3.74. The van der Waals surface area contributed by atoms with Gasteiger partial charge in [-0.1, -0.05) is 24.3 Å². The number of rotatable bonds is 6. The van der Waals surface area contributed by atoms with Crippen molar-refractivity contribution in [2.45, 2.75) is 13.8 Å². The van der Waals surface area contributed by atoms with Crippen LogP contribution in [0.1, 0.15) is 21.5 Å². The van der Waals surface area contributed by atoms with Crippen molar-refractivity contribution in [3.63, 3.8) is 0 Å². The van der Waals surface area contributed by atoms with E-state index in [1.165, 1.54) is 0 Å². The SMILES string of the molecule is Cc1cccc(Nc2ccccc2C(=O)OCC(=O)Nc2ccc(F)cc2F)c1C. The molecule has 7 heteroatoms. The maximum Gasteiger partial charge on any atom is 0.340 e. The first-order chi connectivity index (χ1) is 14.3. The highest BCUT2D eigenvalue weighted by atomic mass is 19.1. The van der Waals surface area contributed by atoms with Gasteiger partial charge in [0.2, 0.25) is 0 Å². The summed E-state index contributed by atoms with van der Waals surface area (Å²) in [7, 11) is 0. The number of aryl methyl sites for hydroxylation is 1. The van der Waals surface area contributed by atoms with E-state index in [0.29, 0.717) is 11.8 Å². The first-order valence-corrected chi connectivity index (χ1v) is 9.19. The van der Waals surface area contributed by atoms with Crippen molar-refractivity contribution >= 4 is 28.9 Å². The molecule has 0 fully saturated rings. The molecule has 0 heterocycles. The van der Waals surface area contributed by atoms with E-state index in [2.05, 4.69) is 10.6 Å². The van der Waals surface area contributed by atoms with Crippen LogP contribution in [0.4, 0.5) is 25.8 Å². The summed E-state index contributed by atoms with van der Waals surface area (Å²) in [5.41, 5.74) is 3.57. The Morgan fingerprint density at radius 1 is 0.900 bits per heavy atom. The summed E-state index contributed by atoms with van der Waals surface area (Å²) in [6, 6.07) is 15.3. The second kappa shape index (κ2) is 9.17.